The summed E-state index contributed by atoms with van der Waals surface area (Å²) in [5.74, 6) is 0.414. The lowest BCUT2D eigenvalue weighted by Crippen LogP contribution is -2.10. The van der Waals surface area contributed by atoms with Gasteiger partial charge in [-0.2, -0.15) is 0 Å². The van der Waals surface area contributed by atoms with Gasteiger partial charge in [0, 0.05) is 17.7 Å². The molecule has 1 aromatic carbocycles. The number of benzene rings is 1. The summed E-state index contributed by atoms with van der Waals surface area (Å²) in [6.07, 6.45) is 2.46. The first-order valence-electron chi connectivity index (χ1n) is 5.33. The lowest BCUT2D eigenvalue weighted by molar-refractivity contribution is 0.109. The molecule has 0 radical (unpaired) electrons. The van der Waals surface area contributed by atoms with Crippen LogP contribution in [-0.4, -0.2) is 11.6 Å². The molecule has 16 heavy (non-hydrogen) atoms. The van der Waals surface area contributed by atoms with Crippen LogP contribution in [0.15, 0.2) is 18.2 Å². The summed E-state index contributed by atoms with van der Waals surface area (Å²) >= 11 is 4.84. The molecule has 86 valence electrons. The first-order chi connectivity index (χ1) is 7.66. The maximum absolute atomic E-state index is 13.4. The van der Waals surface area contributed by atoms with E-state index in [0.717, 1.165) is 6.61 Å². The van der Waals surface area contributed by atoms with Crippen molar-refractivity contribution in [3.63, 3.8) is 0 Å². The zero-order valence-corrected chi connectivity index (χ0v) is 9.73. The van der Waals surface area contributed by atoms with E-state index in [0.29, 0.717) is 23.7 Å². The van der Waals surface area contributed by atoms with Gasteiger partial charge >= 0.3 is 0 Å². The van der Waals surface area contributed by atoms with Crippen LogP contribution >= 0.6 is 12.2 Å². The maximum Gasteiger partial charge on any atom is 0.128 e. The van der Waals surface area contributed by atoms with E-state index in [9.17, 15) is 4.39 Å². The molecule has 2 N–H and O–H groups in total. The molecule has 0 aliphatic heterocycles. The van der Waals surface area contributed by atoms with E-state index in [2.05, 4.69) is 0 Å². The molecular weight excluding hydrogens is 225 g/mol. The minimum Gasteiger partial charge on any atom is -0.389 e. The Bertz CT molecular complexity index is 404. The van der Waals surface area contributed by atoms with Crippen molar-refractivity contribution in [1.82, 2.24) is 0 Å². The average molecular weight is 239 g/mol. The molecule has 0 amide bonds. The van der Waals surface area contributed by atoms with Crippen LogP contribution in [0.4, 0.5) is 4.39 Å². The standard InChI is InChI=1S/C12H14FNOS/c13-11-4-3-9(12(14)16)5-10(11)7-15-6-8-1-2-8/h3-5,8H,1-2,6-7H2,(H2,14,16). The molecule has 0 heterocycles. The smallest absolute Gasteiger partial charge is 0.128 e. The second-order valence-electron chi connectivity index (χ2n) is 4.13. The number of rotatable bonds is 5. The molecule has 1 saturated carbocycles. The lowest BCUT2D eigenvalue weighted by Gasteiger charge is -2.06. The van der Waals surface area contributed by atoms with E-state index >= 15 is 0 Å². The van der Waals surface area contributed by atoms with E-state index in [4.69, 9.17) is 22.7 Å². The molecule has 0 saturated heterocycles. The Balaban J connectivity index is 1.99. The fourth-order valence-electron chi connectivity index (χ4n) is 1.46. The van der Waals surface area contributed by atoms with Crippen molar-refractivity contribution in [2.24, 2.45) is 11.7 Å². The van der Waals surface area contributed by atoms with E-state index in [1.807, 2.05) is 0 Å². The van der Waals surface area contributed by atoms with Crippen LogP contribution in [0.2, 0.25) is 0 Å². The van der Waals surface area contributed by atoms with Crippen LogP contribution < -0.4 is 5.73 Å². The highest BCUT2D eigenvalue weighted by molar-refractivity contribution is 7.80. The molecule has 2 rings (SSSR count). The molecule has 0 aromatic heterocycles. The molecule has 1 aliphatic rings. The van der Waals surface area contributed by atoms with Gasteiger partial charge in [-0.15, -0.1) is 0 Å². The highest BCUT2D eigenvalue weighted by atomic mass is 32.1. The molecule has 1 aromatic rings. The Hall–Kier alpha value is -1.00. The van der Waals surface area contributed by atoms with Crippen LogP contribution in [0.1, 0.15) is 24.0 Å². The predicted molar refractivity (Wildman–Crippen MR) is 64.7 cm³/mol. The van der Waals surface area contributed by atoms with Gasteiger partial charge in [-0.1, -0.05) is 12.2 Å². The van der Waals surface area contributed by atoms with Crippen LogP contribution in [0.25, 0.3) is 0 Å². The fourth-order valence-corrected chi connectivity index (χ4v) is 1.59. The third kappa shape index (κ3) is 3.00. The van der Waals surface area contributed by atoms with Crippen molar-refractivity contribution >= 4 is 17.2 Å². The van der Waals surface area contributed by atoms with E-state index < -0.39 is 0 Å². The summed E-state index contributed by atoms with van der Waals surface area (Å²) < 4.78 is 18.8. The van der Waals surface area contributed by atoms with Crippen LogP contribution in [0, 0.1) is 11.7 Å². The van der Waals surface area contributed by atoms with E-state index in [-0.39, 0.29) is 10.8 Å². The summed E-state index contributed by atoms with van der Waals surface area (Å²) in [6, 6.07) is 4.62. The van der Waals surface area contributed by atoms with Crippen molar-refractivity contribution in [3.05, 3.63) is 35.1 Å². The highest BCUT2D eigenvalue weighted by Gasteiger charge is 2.21. The average Bonchev–Trinajstić information content (AvgIpc) is 3.04. The number of halogens is 1. The topological polar surface area (TPSA) is 35.2 Å². The highest BCUT2D eigenvalue weighted by Crippen LogP contribution is 2.29. The summed E-state index contributed by atoms with van der Waals surface area (Å²) in [5, 5.41) is 0. The largest absolute Gasteiger partial charge is 0.389 e. The SMILES string of the molecule is NC(=S)c1ccc(F)c(COCC2CC2)c1. The van der Waals surface area contributed by atoms with Gasteiger partial charge in [0.2, 0.25) is 0 Å². The quantitative estimate of drug-likeness (QED) is 0.801. The third-order valence-electron chi connectivity index (χ3n) is 2.64. The molecule has 1 fully saturated rings. The van der Waals surface area contributed by atoms with Crippen molar-refractivity contribution in [1.29, 1.82) is 0 Å². The normalized spacial score (nSPS) is 15.1. The van der Waals surface area contributed by atoms with Crippen molar-refractivity contribution in [2.75, 3.05) is 6.61 Å². The summed E-state index contributed by atoms with van der Waals surface area (Å²) in [4.78, 5) is 0.281. The Morgan fingerprint density at radius 2 is 2.25 bits per heavy atom. The molecule has 4 heteroatoms. The molecular formula is C12H14FNOS. The zero-order chi connectivity index (χ0) is 11.5. The monoisotopic (exact) mass is 239 g/mol. The number of ether oxygens (including phenoxy) is 1. The molecule has 0 unspecified atom stereocenters. The lowest BCUT2D eigenvalue weighted by atomic mass is 10.1. The number of nitrogens with two attached hydrogens (primary N) is 1. The van der Waals surface area contributed by atoms with Gasteiger partial charge in [-0.05, 0) is 37.0 Å². The Morgan fingerprint density at radius 1 is 1.50 bits per heavy atom. The first-order valence-corrected chi connectivity index (χ1v) is 5.73. The summed E-state index contributed by atoms with van der Waals surface area (Å²) in [7, 11) is 0. The van der Waals surface area contributed by atoms with Gasteiger partial charge in [0.15, 0.2) is 0 Å². The van der Waals surface area contributed by atoms with Crippen molar-refractivity contribution in [2.45, 2.75) is 19.4 Å². The third-order valence-corrected chi connectivity index (χ3v) is 2.87. The molecule has 0 atom stereocenters. The van der Waals surface area contributed by atoms with Gasteiger partial charge in [0.05, 0.1) is 6.61 Å². The fraction of sp³-hybridized carbons (Fsp3) is 0.417. The Kier molecular flexibility index (Phi) is 3.51. The van der Waals surface area contributed by atoms with Crippen LogP contribution in [-0.2, 0) is 11.3 Å². The van der Waals surface area contributed by atoms with E-state index in [1.165, 1.54) is 18.9 Å². The predicted octanol–water partition coefficient (Wildman–Crippen LogP) is 2.39. The zero-order valence-electron chi connectivity index (χ0n) is 8.91. The molecule has 2 nitrogen and oxygen atoms in total. The van der Waals surface area contributed by atoms with Gasteiger partial charge in [0.25, 0.3) is 0 Å². The van der Waals surface area contributed by atoms with Crippen LogP contribution in [0.5, 0.6) is 0 Å². The molecule has 1 aliphatic carbocycles. The second-order valence-corrected chi connectivity index (χ2v) is 4.57. The Morgan fingerprint density at radius 3 is 2.88 bits per heavy atom. The van der Waals surface area contributed by atoms with Crippen molar-refractivity contribution in [3.8, 4) is 0 Å². The van der Waals surface area contributed by atoms with Gasteiger partial charge in [0.1, 0.15) is 10.8 Å². The maximum atomic E-state index is 13.4. The number of thiocarbonyl (C=S) groups is 1. The van der Waals surface area contributed by atoms with Crippen LogP contribution in [0.3, 0.4) is 0 Å². The molecule has 0 spiro atoms. The summed E-state index contributed by atoms with van der Waals surface area (Å²) in [5.41, 5.74) is 6.69. The van der Waals surface area contributed by atoms with Gasteiger partial charge in [-0.3, -0.25) is 0 Å². The minimum atomic E-state index is -0.268. The van der Waals surface area contributed by atoms with Gasteiger partial charge < -0.3 is 10.5 Å². The van der Waals surface area contributed by atoms with E-state index in [1.54, 1.807) is 12.1 Å². The Labute approximate surface area is 99.6 Å². The summed E-state index contributed by atoms with van der Waals surface area (Å²) in [6.45, 7) is 1.01. The molecule has 0 bridgehead atoms. The van der Waals surface area contributed by atoms with Gasteiger partial charge in [-0.25, -0.2) is 4.39 Å². The number of hydrogen-bond acceptors (Lipinski definition) is 2. The first kappa shape index (κ1) is 11.5. The second kappa shape index (κ2) is 4.89. The van der Waals surface area contributed by atoms with Crippen molar-refractivity contribution < 1.29 is 9.13 Å². The number of hydrogen-bond donors (Lipinski definition) is 1. The minimum absolute atomic E-state index is 0.268.